The second-order valence-corrected chi connectivity index (χ2v) is 7.29. The Hall–Kier alpha value is -1.06. The van der Waals surface area contributed by atoms with Gasteiger partial charge in [-0.3, -0.25) is 0 Å². The highest BCUT2D eigenvalue weighted by Gasteiger charge is 2.29. The Labute approximate surface area is 118 Å². The molecule has 0 bridgehead atoms. The van der Waals surface area contributed by atoms with Crippen LogP contribution in [0.4, 0.5) is 0 Å². The van der Waals surface area contributed by atoms with Crippen LogP contribution in [-0.2, 0) is 14.6 Å². The number of tetrazole rings is 1. The first kappa shape index (κ1) is 15.3. The summed E-state index contributed by atoms with van der Waals surface area (Å²) in [5.74, 6) is 1.06. The highest BCUT2D eigenvalue weighted by atomic mass is 32.2. The number of methoxy groups -OCH3 is 1. The van der Waals surface area contributed by atoms with Crippen molar-refractivity contribution in [1.29, 1.82) is 0 Å². The maximum absolute atomic E-state index is 11.7. The lowest BCUT2D eigenvalue weighted by atomic mass is 10.2. The van der Waals surface area contributed by atoms with Crippen LogP contribution in [0.5, 0.6) is 0 Å². The summed E-state index contributed by atoms with van der Waals surface area (Å²) in [4.78, 5) is 0. The maximum atomic E-state index is 11.7. The molecule has 9 heteroatoms. The molecule has 1 aromatic heterocycles. The number of hydrogen-bond donors (Lipinski definition) is 1. The molecule has 0 amide bonds. The third-order valence-corrected chi connectivity index (χ3v) is 5.25. The molecule has 0 spiro atoms. The molecule has 114 valence electrons. The van der Waals surface area contributed by atoms with Gasteiger partial charge in [-0.15, -0.1) is 5.10 Å². The molecule has 1 N–H and O–H groups in total. The lowest BCUT2D eigenvalue weighted by molar-refractivity contribution is 0.195. The van der Waals surface area contributed by atoms with Gasteiger partial charge in [0, 0.05) is 13.7 Å². The van der Waals surface area contributed by atoms with Crippen molar-refractivity contribution in [3.63, 3.8) is 0 Å². The van der Waals surface area contributed by atoms with E-state index in [1.54, 1.807) is 11.8 Å². The van der Waals surface area contributed by atoms with Crippen LogP contribution in [0.25, 0.3) is 0 Å². The van der Waals surface area contributed by atoms with E-state index in [1.165, 1.54) is 0 Å². The van der Waals surface area contributed by atoms with Crippen LogP contribution < -0.4 is 5.32 Å². The van der Waals surface area contributed by atoms with Crippen molar-refractivity contribution in [1.82, 2.24) is 25.5 Å². The molecule has 0 saturated carbocycles. The summed E-state index contributed by atoms with van der Waals surface area (Å²) in [6.07, 6.45) is 1.46. The van der Waals surface area contributed by atoms with Crippen LogP contribution in [0, 0.1) is 0 Å². The number of aromatic nitrogens is 4. The van der Waals surface area contributed by atoms with E-state index in [0.29, 0.717) is 25.4 Å². The first-order valence-corrected chi connectivity index (χ1v) is 8.56. The van der Waals surface area contributed by atoms with E-state index >= 15 is 0 Å². The van der Waals surface area contributed by atoms with E-state index in [9.17, 15) is 8.42 Å². The van der Waals surface area contributed by atoms with Gasteiger partial charge in [0.2, 0.25) is 0 Å². The Balaban J connectivity index is 2.08. The molecule has 1 aliphatic rings. The molecule has 2 heterocycles. The molecular formula is C11H21N5O3S. The van der Waals surface area contributed by atoms with Gasteiger partial charge >= 0.3 is 0 Å². The van der Waals surface area contributed by atoms with Gasteiger partial charge < -0.3 is 10.1 Å². The van der Waals surface area contributed by atoms with Gasteiger partial charge in [-0.1, -0.05) is 0 Å². The first-order valence-electron chi connectivity index (χ1n) is 6.74. The monoisotopic (exact) mass is 303 g/mol. The molecule has 1 aromatic rings. The van der Waals surface area contributed by atoms with Crippen LogP contribution in [0.2, 0.25) is 0 Å². The van der Waals surface area contributed by atoms with Crippen LogP contribution in [0.1, 0.15) is 37.7 Å². The van der Waals surface area contributed by atoms with Crippen molar-refractivity contribution in [2.75, 3.05) is 31.8 Å². The molecular weight excluding hydrogens is 282 g/mol. The quantitative estimate of drug-likeness (QED) is 0.721. The average molecular weight is 303 g/mol. The van der Waals surface area contributed by atoms with Crippen molar-refractivity contribution in [3.05, 3.63) is 5.82 Å². The summed E-state index contributed by atoms with van der Waals surface area (Å²) in [6, 6.07) is -0.213. The largest absolute Gasteiger partial charge is 0.383 e. The second-order valence-electron chi connectivity index (χ2n) is 5.06. The topological polar surface area (TPSA) is 99.0 Å². The second kappa shape index (κ2) is 6.59. The molecule has 2 rings (SSSR count). The molecule has 0 aromatic carbocycles. The van der Waals surface area contributed by atoms with E-state index < -0.39 is 9.84 Å². The number of hydrogen-bond acceptors (Lipinski definition) is 7. The van der Waals surface area contributed by atoms with Crippen LogP contribution >= 0.6 is 0 Å². The van der Waals surface area contributed by atoms with Crippen LogP contribution in [-0.4, -0.2) is 60.4 Å². The minimum Gasteiger partial charge on any atom is -0.383 e. The third kappa shape index (κ3) is 3.74. The predicted molar refractivity (Wildman–Crippen MR) is 73.0 cm³/mol. The van der Waals surface area contributed by atoms with Crippen LogP contribution in [0.3, 0.4) is 0 Å². The normalized spacial score (nSPS) is 23.6. The summed E-state index contributed by atoms with van der Waals surface area (Å²) in [7, 11) is -1.34. The van der Waals surface area contributed by atoms with Gasteiger partial charge in [0.25, 0.3) is 0 Å². The highest BCUT2D eigenvalue weighted by Crippen LogP contribution is 2.24. The minimum absolute atomic E-state index is 0.0511. The van der Waals surface area contributed by atoms with E-state index in [4.69, 9.17) is 4.74 Å². The van der Waals surface area contributed by atoms with E-state index in [0.717, 1.165) is 6.42 Å². The fraction of sp³-hybridized carbons (Fsp3) is 0.909. The summed E-state index contributed by atoms with van der Waals surface area (Å²) < 4.78 is 30.1. The summed E-state index contributed by atoms with van der Waals surface area (Å²) in [5, 5.41) is 14.9. The van der Waals surface area contributed by atoms with Crippen molar-refractivity contribution < 1.29 is 13.2 Å². The van der Waals surface area contributed by atoms with Gasteiger partial charge in [-0.25, -0.2) is 13.1 Å². The fourth-order valence-corrected chi connectivity index (χ4v) is 4.07. The van der Waals surface area contributed by atoms with Crippen LogP contribution in [0.15, 0.2) is 0 Å². The Morgan fingerprint density at radius 3 is 3.05 bits per heavy atom. The molecule has 0 aliphatic carbocycles. The number of nitrogens with one attached hydrogen (secondary N) is 1. The summed E-state index contributed by atoms with van der Waals surface area (Å²) in [6.45, 7) is 3.24. The lowest BCUT2D eigenvalue weighted by Crippen LogP contribution is -2.32. The Bertz CT molecular complexity index is 530. The SMILES string of the molecule is COCCNC(C)c1nnnn1C1CCCS(=O)(=O)C1. The zero-order chi connectivity index (χ0) is 14.6. The zero-order valence-corrected chi connectivity index (χ0v) is 12.6. The standard InChI is InChI=1S/C11H21N5O3S/c1-9(12-5-6-19-2)11-13-14-15-16(11)10-4-3-7-20(17,18)8-10/h9-10,12H,3-8H2,1-2H3. The predicted octanol–water partition coefficient (Wildman–Crippen LogP) is -0.280. The van der Waals surface area contributed by atoms with E-state index in [1.807, 2.05) is 6.92 Å². The van der Waals surface area contributed by atoms with Gasteiger partial charge in [-0.2, -0.15) is 0 Å². The Morgan fingerprint density at radius 2 is 2.35 bits per heavy atom. The number of ether oxygens (including phenoxy) is 1. The molecule has 20 heavy (non-hydrogen) atoms. The first-order chi connectivity index (χ1) is 9.53. The summed E-state index contributed by atoms with van der Waals surface area (Å²) in [5.41, 5.74) is 0. The zero-order valence-electron chi connectivity index (χ0n) is 11.8. The Kier molecular flexibility index (Phi) is 5.06. The van der Waals surface area contributed by atoms with Crippen molar-refractivity contribution in [2.24, 2.45) is 0 Å². The van der Waals surface area contributed by atoms with Crippen molar-refractivity contribution >= 4 is 9.84 Å². The molecule has 2 atom stereocenters. The van der Waals surface area contributed by atoms with E-state index in [-0.39, 0.29) is 23.6 Å². The van der Waals surface area contributed by atoms with Crippen molar-refractivity contribution in [3.8, 4) is 0 Å². The third-order valence-electron chi connectivity index (χ3n) is 3.45. The fourth-order valence-electron chi connectivity index (χ4n) is 2.41. The number of rotatable bonds is 6. The van der Waals surface area contributed by atoms with Gasteiger partial charge in [0.05, 0.1) is 30.2 Å². The van der Waals surface area contributed by atoms with Gasteiger partial charge in [0.15, 0.2) is 15.7 Å². The van der Waals surface area contributed by atoms with Gasteiger partial charge in [-0.05, 0) is 30.2 Å². The molecule has 1 aliphatic heterocycles. The smallest absolute Gasteiger partial charge is 0.168 e. The number of sulfone groups is 1. The average Bonchev–Trinajstić information content (AvgIpc) is 2.87. The molecule has 0 radical (unpaired) electrons. The molecule has 2 unspecified atom stereocenters. The number of nitrogens with zero attached hydrogens (tertiary/aromatic N) is 4. The lowest BCUT2D eigenvalue weighted by Gasteiger charge is -2.24. The highest BCUT2D eigenvalue weighted by molar-refractivity contribution is 7.91. The maximum Gasteiger partial charge on any atom is 0.168 e. The van der Waals surface area contributed by atoms with Crippen molar-refractivity contribution in [2.45, 2.75) is 31.8 Å². The van der Waals surface area contributed by atoms with E-state index in [2.05, 4.69) is 20.8 Å². The molecule has 8 nitrogen and oxygen atoms in total. The molecule has 1 fully saturated rings. The van der Waals surface area contributed by atoms with Gasteiger partial charge in [0.1, 0.15) is 0 Å². The minimum atomic E-state index is -2.98. The Morgan fingerprint density at radius 1 is 1.55 bits per heavy atom. The molecule has 1 saturated heterocycles. The summed E-state index contributed by atoms with van der Waals surface area (Å²) >= 11 is 0.